The van der Waals surface area contributed by atoms with Crippen LogP contribution in [0.3, 0.4) is 0 Å². The van der Waals surface area contributed by atoms with Gasteiger partial charge in [0.25, 0.3) is 6.33 Å². The van der Waals surface area contributed by atoms with E-state index < -0.39 is 5.41 Å². The summed E-state index contributed by atoms with van der Waals surface area (Å²) in [6.07, 6.45) is 5.62. The van der Waals surface area contributed by atoms with Crippen LogP contribution in [0, 0.1) is 18.5 Å². The van der Waals surface area contributed by atoms with Crippen LogP contribution in [0.4, 0.5) is 0 Å². The van der Waals surface area contributed by atoms with Crippen molar-refractivity contribution in [2.45, 2.75) is 124 Å². The molecule has 8 aromatic rings. The average molecular weight is 1020 g/mol. The predicted octanol–water partition coefficient (Wildman–Crippen LogP) is 13.3. The quantitative estimate of drug-likeness (QED) is 0.118. The van der Waals surface area contributed by atoms with E-state index in [2.05, 4.69) is 228 Å². The zero-order chi connectivity index (χ0) is 44.6. The van der Waals surface area contributed by atoms with Gasteiger partial charge in [-0.3, -0.25) is 0 Å². The van der Waals surface area contributed by atoms with Crippen molar-refractivity contribution in [2.75, 3.05) is 0 Å². The summed E-state index contributed by atoms with van der Waals surface area (Å²) >= 11 is 0. The smallest absolute Gasteiger partial charge is 0.271 e. The second kappa shape index (κ2) is 16.3. The van der Waals surface area contributed by atoms with Crippen molar-refractivity contribution in [3.05, 3.63) is 167 Å². The van der Waals surface area contributed by atoms with Crippen molar-refractivity contribution < 1.29 is 30.5 Å². The Balaban J connectivity index is 0.00000595. The molecule has 5 aromatic carbocycles. The van der Waals surface area contributed by atoms with Gasteiger partial charge in [0, 0.05) is 49.7 Å². The van der Waals surface area contributed by atoms with Crippen LogP contribution in [-0.4, -0.2) is 19.2 Å². The number of benzene rings is 5. The molecule has 0 atom stereocenters. The molecule has 328 valence electrons. The van der Waals surface area contributed by atoms with Gasteiger partial charge < -0.3 is 13.9 Å². The van der Waals surface area contributed by atoms with E-state index in [4.69, 9.17) is 14.8 Å². The van der Waals surface area contributed by atoms with Gasteiger partial charge in [-0.2, -0.15) is 22.4 Å². The van der Waals surface area contributed by atoms with E-state index in [-0.39, 0.29) is 42.7 Å². The number of nitrogens with zero attached hydrogens (tertiary/aromatic N) is 5. The number of ether oxygens (including phenoxy) is 1. The van der Waals surface area contributed by atoms with E-state index >= 15 is 0 Å². The molecule has 0 saturated heterocycles. The van der Waals surface area contributed by atoms with Crippen LogP contribution in [0.2, 0.25) is 0 Å². The number of para-hydroxylation sites is 1. The third-order valence-corrected chi connectivity index (χ3v) is 12.1. The van der Waals surface area contributed by atoms with Gasteiger partial charge in [-0.15, -0.1) is 34.8 Å². The Morgan fingerprint density at radius 2 is 1.14 bits per heavy atom. The normalized spacial score (nSPS) is 12.8. The fourth-order valence-corrected chi connectivity index (χ4v) is 8.01. The maximum absolute atomic E-state index is 6.86. The van der Waals surface area contributed by atoms with E-state index in [0.29, 0.717) is 11.5 Å². The number of fused-ring (bicyclic) bond motifs is 3. The SMILES string of the molecule is CC(C)(C)c1cc(Oc2[c-]c3c(cc2)c2ccccc2n3-c2cc(C(C)(C)C)ccn2)[c-]c(-n2[c-][n+](-c3cc(C(C)(C)C)cc(C(C)(C)C)c3)nc2C(C)(C)c2ccccc2)c1.[Pt]. The third-order valence-electron chi connectivity index (χ3n) is 12.1. The van der Waals surface area contributed by atoms with Crippen LogP contribution >= 0.6 is 0 Å². The van der Waals surface area contributed by atoms with Gasteiger partial charge in [-0.25, -0.2) is 4.98 Å². The maximum Gasteiger partial charge on any atom is 0.271 e. The molecule has 0 aliphatic heterocycles. The first-order chi connectivity index (χ1) is 29.0. The van der Waals surface area contributed by atoms with Crippen LogP contribution in [0.15, 0.2) is 115 Å². The molecule has 3 heterocycles. The monoisotopic (exact) mass is 1010 g/mol. The topological polar surface area (TPSA) is 48.8 Å². The fourth-order valence-electron chi connectivity index (χ4n) is 8.01. The maximum atomic E-state index is 6.86. The molecule has 0 unspecified atom stereocenters. The van der Waals surface area contributed by atoms with Crippen LogP contribution in [0.25, 0.3) is 39.0 Å². The number of aromatic nitrogens is 5. The molecular weight excluding hydrogens is 954 g/mol. The molecule has 0 N–H and O–H groups in total. The van der Waals surface area contributed by atoms with Gasteiger partial charge in [-0.1, -0.05) is 175 Å². The first-order valence-corrected chi connectivity index (χ1v) is 21.8. The van der Waals surface area contributed by atoms with E-state index in [9.17, 15) is 0 Å². The summed E-state index contributed by atoms with van der Waals surface area (Å²) in [4.78, 5) is 4.88. The summed E-state index contributed by atoms with van der Waals surface area (Å²) in [5.41, 5.74) is 8.82. The van der Waals surface area contributed by atoms with Crippen LogP contribution < -0.4 is 9.42 Å². The molecule has 0 spiro atoms. The summed E-state index contributed by atoms with van der Waals surface area (Å²) in [6, 6.07) is 46.0. The molecule has 0 fully saturated rings. The van der Waals surface area contributed by atoms with Crippen molar-refractivity contribution in [2.24, 2.45) is 0 Å². The van der Waals surface area contributed by atoms with E-state index in [1.165, 1.54) is 16.7 Å². The molecule has 6 nitrogen and oxygen atoms in total. The van der Waals surface area contributed by atoms with Gasteiger partial charge in [0.2, 0.25) is 0 Å². The van der Waals surface area contributed by atoms with Gasteiger partial charge >= 0.3 is 0 Å². The zero-order valence-corrected chi connectivity index (χ0v) is 41.7. The Hall–Kier alpha value is -5.32. The van der Waals surface area contributed by atoms with Gasteiger partial charge in [-0.05, 0) is 67.5 Å². The largest absolute Gasteiger partial charge is 0.510 e. The fraction of sp³-hybridized carbons (Fsp3) is 0.339. The van der Waals surface area contributed by atoms with Crippen molar-refractivity contribution in [3.8, 4) is 28.7 Å². The Kier molecular flexibility index (Phi) is 11.9. The van der Waals surface area contributed by atoms with Crippen molar-refractivity contribution in [1.29, 1.82) is 0 Å². The minimum atomic E-state index is -0.505. The number of hydrogen-bond donors (Lipinski definition) is 0. The number of pyridine rings is 1. The standard InChI is InChI=1S/C56H61N5O.Pt/c1-52(2,3)38-26-27-57-50(33-38)61-48-23-19-18-22-46(48)47-25-24-44(35-49(47)61)62-45-32-41(55(10,11)12)29-42(34-45)59-36-60(58-51(59)56(13,14)37-20-16-15-17-21-37)43-30-39(53(4,5)6)28-40(31-43)54(7,8)9;/h15-33H,1-14H3;/q-2;. The Labute approximate surface area is 389 Å². The Bertz CT molecular complexity index is 2910. The molecule has 8 rings (SSSR count). The van der Waals surface area contributed by atoms with Crippen molar-refractivity contribution in [3.63, 3.8) is 0 Å². The van der Waals surface area contributed by atoms with E-state index in [1.807, 2.05) is 16.9 Å². The minimum Gasteiger partial charge on any atom is -0.510 e. The van der Waals surface area contributed by atoms with E-state index in [0.717, 1.165) is 55.9 Å². The van der Waals surface area contributed by atoms with Crippen molar-refractivity contribution in [1.82, 2.24) is 19.2 Å². The molecular formula is C56H61N5OPt-2. The number of hydrogen-bond acceptors (Lipinski definition) is 3. The summed E-state index contributed by atoms with van der Waals surface area (Å²) in [6.45, 7) is 31.4. The first-order valence-electron chi connectivity index (χ1n) is 21.8. The molecule has 0 aliphatic carbocycles. The third kappa shape index (κ3) is 9.07. The van der Waals surface area contributed by atoms with Crippen LogP contribution in [0.5, 0.6) is 11.5 Å². The second-order valence-corrected chi connectivity index (χ2v) is 21.5. The predicted molar refractivity (Wildman–Crippen MR) is 254 cm³/mol. The first kappa shape index (κ1) is 45.7. The molecule has 0 radical (unpaired) electrons. The molecule has 0 saturated carbocycles. The van der Waals surface area contributed by atoms with Crippen LogP contribution in [-0.2, 0) is 48.1 Å². The molecule has 0 amide bonds. The summed E-state index contributed by atoms with van der Waals surface area (Å²) in [5, 5.41) is 7.64. The van der Waals surface area contributed by atoms with Gasteiger partial charge in [0.15, 0.2) is 5.82 Å². The summed E-state index contributed by atoms with van der Waals surface area (Å²) in [7, 11) is 0. The second-order valence-electron chi connectivity index (χ2n) is 21.5. The molecule has 0 aliphatic rings. The molecule has 63 heavy (non-hydrogen) atoms. The molecule has 7 heteroatoms. The van der Waals surface area contributed by atoms with E-state index in [1.54, 1.807) is 0 Å². The Morgan fingerprint density at radius 3 is 1.78 bits per heavy atom. The molecule has 0 bridgehead atoms. The van der Waals surface area contributed by atoms with Gasteiger partial charge in [0.05, 0.1) is 5.69 Å². The summed E-state index contributed by atoms with van der Waals surface area (Å²) < 4.78 is 13.1. The zero-order valence-electron chi connectivity index (χ0n) is 39.4. The minimum absolute atomic E-state index is 0. The number of rotatable bonds is 7. The summed E-state index contributed by atoms with van der Waals surface area (Å²) in [5.74, 6) is 2.85. The Morgan fingerprint density at radius 1 is 0.540 bits per heavy atom. The van der Waals surface area contributed by atoms with Crippen molar-refractivity contribution >= 4 is 21.8 Å². The average Bonchev–Trinajstić information content (AvgIpc) is 3.81. The van der Waals surface area contributed by atoms with Crippen LogP contribution in [0.1, 0.15) is 131 Å². The van der Waals surface area contributed by atoms with Gasteiger partial charge in [0.1, 0.15) is 5.82 Å². The molecule has 3 aromatic heterocycles.